The lowest BCUT2D eigenvalue weighted by Gasteiger charge is -2.10. The molecule has 1 atom stereocenters. The number of aryl methyl sites for hydroxylation is 1. The van der Waals surface area contributed by atoms with Crippen LogP contribution in [0.15, 0.2) is 42.7 Å². The predicted octanol–water partition coefficient (Wildman–Crippen LogP) is 2.99. The quantitative estimate of drug-likeness (QED) is 0.896. The summed E-state index contributed by atoms with van der Waals surface area (Å²) in [7, 11) is 0. The van der Waals surface area contributed by atoms with Crippen LogP contribution in [0.5, 0.6) is 5.75 Å². The van der Waals surface area contributed by atoms with Crippen molar-refractivity contribution in [1.29, 1.82) is 0 Å². The molecule has 2 rings (SSSR count). The lowest BCUT2D eigenvalue weighted by molar-refractivity contribution is 0.305. The van der Waals surface area contributed by atoms with Crippen molar-refractivity contribution < 1.29 is 4.74 Å². The van der Waals surface area contributed by atoms with E-state index in [0.717, 1.165) is 22.4 Å². The van der Waals surface area contributed by atoms with Crippen LogP contribution in [-0.2, 0) is 6.61 Å². The topological polar surface area (TPSA) is 48.1 Å². The first-order chi connectivity index (χ1) is 8.65. The molecule has 2 N–H and O–H groups in total. The number of nitrogens with zero attached hydrogens (tertiary/aromatic N) is 1. The average molecular weight is 242 g/mol. The van der Waals surface area contributed by atoms with Gasteiger partial charge in [0.05, 0.1) is 0 Å². The van der Waals surface area contributed by atoms with Crippen molar-refractivity contribution in [1.82, 2.24) is 4.98 Å². The van der Waals surface area contributed by atoms with Gasteiger partial charge in [0.25, 0.3) is 0 Å². The highest BCUT2D eigenvalue weighted by molar-refractivity contribution is 5.30. The average Bonchev–Trinajstić information content (AvgIpc) is 2.37. The number of rotatable bonds is 4. The van der Waals surface area contributed by atoms with Crippen LogP contribution in [0.2, 0.25) is 0 Å². The minimum absolute atomic E-state index is 0.0224. The van der Waals surface area contributed by atoms with Crippen molar-refractivity contribution in [2.75, 3.05) is 0 Å². The molecule has 2 aromatic rings. The van der Waals surface area contributed by atoms with Crippen molar-refractivity contribution in [3.63, 3.8) is 0 Å². The molecule has 0 aliphatic rings. The van der Waals surface area contributed by atoms with Gasteiger partial charge >= 0.3 is 0 Å². The van der Waals surface area contributed by atoms with Gasteiger partial charge in [0, 0.05) is 24.0 Å². The van der Waals surface area contributed by atoms with Crippen molar-refractivity contribution in [2.24, 2.45) is 5.73 Å². The molecular weight excluding hydrogens is 224 g/mol. The van der Waals surface area contributed by atoms with Gasteiger partial charge in [-0.15, -0.1) is 0 Å². The maximum absolute atomic E-state index is 5.84. The second-order valence-corrected chi connectivity index (χ2v) is 4.52. The molecule has 0 aliphatic carbocycles. The van der Waals surface area contributed by atoms with Crippen LogP contribution >= 0.6 is 0 Å². The third-order valence-electron chi connectivity index (χ3n) is 2.72. The van der Waals surface area contributed by atoms with Gasteiger partial charge < -0.3 is 10.5 Å². The summed E-state index contributed by atoms with van der Waals surface area (Å²) in [5.74, 6) is 0.839. The first-order valence-electron chi connectivity index (χ1n) is 6.04. The van der Waals surface area contributed by atoms with E-state index in [9.17, 15) is 0 Å². The highest BCUT2D eigenvalue weighted by Gasteiger charge is 2.02. The van der Waals surface area contributed by atoms with E-state index < -0.39 is 0 Å². The van der Waals surface area contributed by atoms with E-state index in [0.29, 0.717) is 6.61 Å². The standard InChI is InChI=1S/C15H18N2O/c1-11-6-13(9-17-8-11)10-18-15-5-3-4-14(7-15)12(2)16/h3-9,12H,10,16H2,1-2H3. The number of hydrogen-bond acceptors (Lipinski definition) is 3. The zero-order chi connectivity index (χ0) is 13.0. The fraction of sp³-hybridized carbons (Fsp3) is 0.267. The van der Waals surface area contributed by atoms with Gasteiger partial charge in [-0.3, -0.25) is 4.98 Å². The van der Waals surface area contributed by atoms with E-state index in [1.165, 1.54) is 0 Å². The Kier molecular flexibility index (Phi) is 3.95. The Hall–Kier alpha value is -1.87. The maximum Gasteiger partial charge on any atom is 0.120 e. The van der Waals surface area contributed by atoms with E-state index >= 15 is 0 Å². The van der Waals surface area contributed by atoms with Crippen molar-refractivity contribution in [3.8, 4) is 5.75 Å². The molecule has 3 nitrogen and oxygen atoms in total. The van der Waals surface area contributed by atoms with Gasteiger partial charge in [0.1, 0.15) is 12.4 Å². The van der Waals surface area contributed by atoms with E-state index in [-0.39, 0.29) is 6.04 Å². The highest BCUT2D eigenvalue weighted by atomic mass is 16.5. The molecule has 0 saturated carbocycles. The fourth-order valence-electron chi connectivity index (χ4n) is 1.75. The normalized spacial score (nSPS) is 12.2. The first-order valence-corrected chi connectivity index (χ1v) is 6.04. The van der Waals surface area contributed by atoms with E-state index in [4.69, 9.17) is 10.5 Å². The van der Waals surface area contributed by atoms with Gasteiger partial charge in [0.2, 0.25) is 0 Å². The number of benzene rings is 1. The van der Waals surface area contributed by atoms with Crippen molar-refractivity contribution in [2.45, 2.75) is 26.5 Å². The smallest absolute Gasteiger partial charge is 0.120 e. The molecular formula is C15H18N2O. The Morgan fingerprint density at radius 2 is 2.11 bits per heavy atom. The number of ether oxygens (including phenoxy) is 1. The zero-order valence-electron chi connectivity index (χ0n) is 10.8. The second kappa shape index (κ2) is 5.65. The molecule has 1 aromatic carbocycles. The van der Waals surface area contributed by atoms with Gasteiger partial charge in [0.15, 0.2) is 0 Å². The summed E-state index contributed by atoms with van der Waals surface area (Å²) >= 11 is 0. The fourth-order valence-corrected chi connectivity index (χ4v) is 1.75. The van der Waals surface area contributed by atoms with Crippen LogP contribution in [0.25, 0.3) is 0 Å². The molecule has 0 bridgehead atoms. The van der Waals surface area contributed by atoms with E-state index in [1.54, 1.807) is 0 Å². The molecule has 3 heteroatoms. The Labute approximate surface area is 108 Å². The number of pyridine rings is 1. The lowest BCUT2D eigenvalue weighted by Crippen LogP contribution is -2.05. The molecule has 18 heavy (non-hydrogen) atoms. The zero-order valence-corrected chi connectivity index (χ0v) is 10.8. The van der Waals surface area contributed by atoms with Crippen LogP contribution in [0, 0.1) is 6.92 Å². The SMILES string of the molecule is Cc1cncc(COc2cccc(C(C)N)c2)c1. The minimum Gasteiger partial charge on any atom is -0.489 e. The molecule has 1 unspecified atom stereocenters. The second-order valence-electron chi connectivity index (χ2n) is 4.52. The molecule has 0 saturated heterocycles. The molecule has 94 valence electrons. The van der Waals surface area contributed by atoms with Crippen LogP contribution in [0.1, 0.15) is 29.7 Å². The van der Waals surface area contributed by atoms with Gasteiger partial charge in [-0.25, -0.2) is 0 Å². The van der Waals surface area contributed by atoms with E-state index in [2.05, 4.69) is 11.1 Å². The van der Waals surface area contributed by atoms with Crippen LogP contribution in [0.3, 0.4) is 0 Å². The number of hydrogen-bond donors (Lipinski definition) is 1. The monoisotopic (exact) mass is 242 g/mol. The summed E-state index contributed by atoms with van der Waals surface area (Å²) in [5.41, 5.74) is 9.13. The molecule has 1 aromatic heterocycles. The van der Waals surface area contributed by atoms with Gasteiger partial charge in [-0.2, -0.15) is 0 Å². The largest absolute Gasteiger partial charge is 0.489 e. The van der Waals surface area contributed by atoms with Crippen molar-refractivity contribution in [3.05, 3.63) is 59.4 Å². The summed E-state index contributed by atoms with van der Waals surface area (Å²) in [6.45, 7) is 4.51. The number of aromatic nitrogens is 1. The third-order valence-corrected chi connectivity index (χ3v) is 2.72. The Morgan fingerprint density at radius 3 is 2.83 bits per heavy atom. The summed E-state index contributed by atoms with van der Waals surface area (Å²) in [5, 5.41) is 0. The Balaban J connectivity index is 2.04. The molecule has 1 heterocycles. The van der Waals surface area contributed by atoms with Gasteiger partial charge in [-0.05, 0) is 43.2 Å². The summed E-state index contributed by atoms with van der Waals surface area (Å²) in [4.78, 5) is 4.14. The Morgan fingerprint density at radius 1 is 1.28 bits per heavy atom. The molecule has 0 aliphatic heterocycles. The number of nitrogens with two attached hydrogens (primary N) is 1. The van der Waals surface area contributed by atoms with Crippen LogP contribution < -0.4 is 10.5 Å². The van der Waals surface area contributed by atoms with Gasteiger partial charge in [-0.1, -0.05) is 12.1 Å². The maximum atomic E-state index is 5.84. The third kappa shape index (κ3) is 3.31. The van der Waals surface area contributed by atoms with E-state index in [1.807, 2.05) is 50.5 Å². The first kappa shape index (κ1) is 12.6. The summed E-state index contributed by atoms with van der Waals surface area (Å²) < 4.78 is 5.74. The lowest BCUT2D eigenvalue weighted by atomic mass is 10.1. The molecule has 0 amide bonds. The summed E-state index contributed by atoms with van der Waals surface area (Å²) in [6.07, 6.45) is 3.66. The van der Waals surface area contributed by atoms with Crippen LogP contribution in [-0.4, -0.2) is 4.98 Å². The highest BCUT2D eigenvalue weighted by Crippen LogP contribution is 2.18. The predicted molar refractivity (Wildman–Crippen MR) is 72.4 cm³/mol. The van der Waals surface area contributed by atoms with Crippen molar-refractivity contribution >= 4 is 0 Å². The Bertz CT molecular complexity index is 523. The summed E-state index contributed by atoms with van der Waals surface area (Å²) in [6, 6.07) is 9.98. The minimum atomic E-state index is 0.0224. The molecule has 0 radical (unpaired) electrons. The molecule has 0 spiro atoms. The van der Waals surface area contributed by atoms with Crippen LogP contribution in [0.4, 0.5) is 0 Å². The molecule has 0 fully saturated rings.